The monoisotopic (exact) mass is 418 g/mol. The lowest BCUT2D eigenvalue weighted by Crippen LogP contribution is -2.25. The van der Waals surface area contributed by atoms with E-state index in [0.29, 0.717) is 27.7 Å². The molecule has 0 atom stereocenters. The van der Waals surface area contributed by atoms with Crippen LogP contribution in [0.5, 0.6) is 5.75 Å². The van der Waals surface area contributed by atoms with Crippen LogP contribution in [-0.4, -0.2) is 23.2 Å². The van der Waals surface area contributed by atoms with Crippen molar-refractivity contribution in [3.05, 3.63) is 89.2 Å². The molecule has 4 aromatic rings. The van der Waals surface area contributed by atoms with Crippen LogP contribution < -0.4 is 10.1 Å². The molecule has 0 unspecified atom stereocenters. The molecule has 0 radical (unpaired) electrons. The second-order valence-corrected chi connectivity index (χ2v) is 7.33. The molecule has 0 saturated heterocycles. The fourth-order valence-corrected chi connectivity index (χ4v) is 3.55. The highest BCUT2D eigenvalue weighted by atomic mass is 35.5. The molecule has 2 aromatic carbocycles. The van der Waals surface area contributed by atoms with Gasteiger partial charge in [0.2, 0.25) is 0 Å². The Bertz CT molecular complexity index is 1260. The van der Waals surface area contributed by atoms with Gasteiger partial charge in [-0.2, -0.15) is 0 Å². The maximum Gasteiger partial charge on any atom is 0.298 e. The number of Topliss-reactive ketones (excluding diaryl/α,β-unsaturated/α-hetero) is 1. The van der Waals surface area contributed by atoms with Gasteiger partial charge in [-0.3, -0.25) is 9.59 Å². The molecular formula is C24H19ClN2O3. The van der Waals surface area contributed by atoms with Gasteiger partial charge in [-0.05, 0) is 48.9 Å². The molecule has 0 fully saturated rings. The lowest BCUT2D eigenvalue weighted by atomic mass is 10.0. The number of carbonyl (C=O) groups is 2. The van der Waals surface area contributed by atoms with E-state index < -0.39 is 11.7 Å². The summed E-state index contributed by atoms with van der Waals surface area (Å²) in [5.41, 5.74) is 4.12. The third-order valence-electron chi connectivity index (χ3n) is 4.87. The van der Waals surface area contributed by atoms with Gasteiger partial charge in [-0.15, -0.1) is 0 Å². The average molecular weight is 419 g/mol. The van der Waals surface area contributed by atoms with Crippen molar-refractivity contribution in [3.8, 4) is 16.9 Å². The van der Waals surface area contributed by atoms with E-state index in [1.807, 2.05) is 55.5 Å². The van der Waals surface area contributed by atoms with Crippen molar-refractivity contribution in [3.63, 3.8) is 0 Å². The Morgan fingerprint density at radius 1 is 1.00 bits per heavy atom. The molecule has 150 valence electrons. The molecule has 5 nitrogen and oxygen atoms in total. The average Bonchev–Trinajstić information content (AvgIpc) is 3.13. The number of nitrogens with zero attached hydrogens (tertiary/aromatic N) is 1. The van der Waals surface area contributed by atoms with Crippen molar-refractivity contribution >= 4 is 34.5 Å². The number of aryl methyl sites for hydroxylation is 1. The number of aromatic nitrogens is 1. The maximum absolute atomic E-state index is 13.3. The standard InChI is InChI=1S/C24H19ClN2O3/c1-15-6-8-16(9-7-15)19-14-18-5-3-4-12-27(18)22(19)23(28)24(29)26-20-13-17(25)10-11-21(20)30-2/h3-14H,1-2H3,(H,26,29). The Labute approximate surface area is 178 Å². The number of hydrogen-bond acceptors (Lipinski definition) is 3. The lowest BCUT2D eigenvalue weighted by Gasteiger charge is -2.11. The van der Waals surface area contributed by atoms with Crippen LogP contribution in [0.2, 0.25) is 5.02 Å². The first-order chi connectivity index (χ1) is 14.5. The van der Waals surface area contributed by atoms with Crippen LogP contribution in [-0.2, 0) is 4.79 Å². The normalized spacial score (nSPS) is 10.8. The van der Waals surface area contributed by atoms with Crippen LogP contribution in [0.15, 0.2) is 72.9 Å². The number of halogens is 1. The van der Waals surface area contributed by atoms with Crippen LogP contribution >= 0.6 is 11.6 Å². The number of carbonyl (C=O) groups excluding carboxylic acids is 2. The van der Waals surface area contributed by atoms with E-state index in [1.165, 1.54) is 7.11 Å². The molecule has 1 N–H and O–H groups in total. The highest BCUT2D eigenvalue weighted by Gasteiger charge is 2.25. The zero-order chi connectivity index (χ0) is 21.3. The van der Waals surface area contributed by atoms with Gasteiger partial charge in [-0.25, -0.2) is 0 Å². The SMILES string of the molecule is COc1ccc(Cl)cc1NC(=O)C(=O)c1c(-c2ccc(C)cc2)cc2ccccn12. The fraction of sp³-hybridized carbons (Fsp3) is 0.0833. The number of ketones is 1. The van der Waals surface area contributed by atoms with Crippen molar-refractivity contribution < 1.29 is 14.3 Å². The minimum absolute atomic E-state index is 0.299. The topological polar surface area (TPSA) is 59.8 Å². The zero-order valence-corrected chi connectivity index (χ0v) is 17.2. The zero-order valence-electron chi connectivity index (χ0n) is 16.5. The number of methoxy groups -OCH3 is 1. The summed E-state index contributed by atoms with van der Waals surface area (Å²) in [4.78, 5) is 26.2. The molecule has 1 amide bonds. The van der Waals surface area contributed by atoms with Crippen LogP contribution in [0.1, 0.15) is 16.1 Å². The highest BCUT2D eigenvalue weighted by molar-refractivity contribution is 6.47. The van der Waals surface area contributed by atoms with Crippen LogP contribution in [0, 0.1) is 6.92 Å². The minimum Gasteiger partial charge on any atom is -0.495 e. The van der Waals surface area contributed by atoms with E-state index in [-0.39, 0.29) is 0 Å². The Balaban J connectivity index is 1.77. The molecule has 4 rings (SSSR count). The van der Waals surface area contributed by atoms with Gasteiger partial charge in [0.1, 0.15) is 11.4 Å². The fourth-order valence-electron chi connectivity index (χ4n) is 3.37. The molecule has 6 heteroatoms. The van der Waals surface area contributed by atoms with Gasteiger partial charge in [0, 0.05) is 22.3 Å². The van der Waals surface area contributed by atoms with Gasteiger partial charge in [0.05, 0.1) is 12.8 Å². The quantitative estimate of drug-likeness (QED) is 0.349. The molecule has 0 spiro atoms. The second kappa shape index (κ2) is 8.05. The van der Waals surface area contributed by atoms with Crippen molar-refractivity contribution in [1.82, 2.24) is 4.40 Å². The van der Waals surface area contributed by atoms with Gasteiger partial charge < -0.3 is 14.5 Å². The van der Waals surface area contributed by atoms with E-state index in [9.17, 15) is 9.59 Å². The summed E-state index contributed by atoms with van der Waals surface area (Å²) in [6.07, 6.45) is 1.77. The number of pyridine rings is 1. The molecule has 0 aliphatic heterocycles. The van der Waals surface area contributed by atoms with Crippen molar-refractivity contribution in [2.75, 3.05) is 12.4 Å². The number of hydrogen-bond donors (Lipinski definition) is 1. The Hall–Kier alpha value is -3.57. The number of anilines is 1. The molecule has 0 aliphatic rings. The number of rotatable bonds is 5. The molecule has 2 heterocycles. The molecule has 0 bridgehead atoms. The number of amides is 1. The maximum atomic E-state index is 13.3. The third-order valence-corrected chi connectivity index (χ3v) is 5.11. The van der Waals surface area contributed by atoms with Gasteiger partial charge >= 0.3 is 0 Å². The second-order valence-electron chi connectivity index (χ2n) is 6.90. The molecular weight excluding hydrogens is 400 g/mol. The Kier molecular flexibility index (Phi) is 5.29. The first-order valence-electron chi connectivity index (χ1n) is 9.34. The van der Waals surface area contributed by atoms with Crippen LogP contribution in [0.4, 0.5) is 5.69 Å². The van der Waals surface area contributed by atoms with Crippen molar-refractivity contribution in [2.45, 2.75) is 6.92 Å². The third kappa shape index (κ3) is 3.67. The molecule has 2 aromatic heterocycles. The van der Waals surface area contributed by atoms with E-state index in [2.05, 4.69) is 5.32 Å². The summed E-state index contributed by atoms with van der Waals surface area (Å²) in [5.74, 6) is -1.01. The van der Waals surface area contributed by atoms with E-state index in [4.69, 9.17) is 16.3 Å². The van der Waals surface area contributed by atoms with E-state index in [1.54, 1.807) is 28.8 Å². The smallest absolute Gasteiger partial charge is 0.298 e. The molecule has 0 aliphatic carbocycles. The summed E-state index contributed by atoms with van der Waals surface area (Å²) < 4.78 is 6.98. The molecule has 0 saturated carbocycles. The van der Waals surface area contributed by atoms with Crippen LogP contribution in [0.3, 0.4) is 0 Å². The Morgan fingerprint density at radius 3 is 2.50 bits per heavy atom. The van der Waals surface area contributed by atoms with Gasteiger partial charge in [0.15, 0.2) is 0 Å². The molecule has 30 heavy (non-hydrogen) atoms. The summed E-state index contributed by atoms with van der Waals surface area (Å²) in [6.45, 7) is 2.00. The van der Waals surface area contributed by atoms with E-state index >= 15 is 0 Å². The predicted octanol–water partition coefficient (Wildman–Crippen LogP) is 5.40. The first-order valence-corrected chi connectivity index (χ1v) is 9.72. The number of fused-ring (bicyclic) bond motifs is 1. The van der Waals surface area contributed by atoms with Crippen molar-refractivity contribution in [2.24, 2.45) is 0 Å². The Morgan fingerprint density at radius 2 is 1.77 bits per heavy atom. The summed E-state index contributed by atoms with van der Waals surface area (Å²) >= 11 is 6.04. The van der Waals surface area contributed by atoms with Crippen LogP contribution in [0.25, 0.3) is 16.6 Å². The van der Waals surface area contributed by atoms with Crippen molar-refractivity contribution in [1.29, 1.82) is 0 Å². The minimum atomic E-state index is -0.771. The summed E-state index contributed by atoms with van der Waals surface area (Å²) in [5, 5.41) is 3.05. The highest BCUT2D eigenvalue weighted by Crippen LogP contribution is 2.30. The summed E-state index contributed by atoms with van der Waals surface area (Å²) in [7, 11) is 1.48. The lowest BCUT2D eigenvalue weighted by molar-refractivity contribution is -0.112. The summed E-state index contributed by atoms with van der Waals surface area (Å²) in [6, 6.07) is 20.2. The number of benzene rings is 2. The van der Waals surface area contributed by atoms with Gasteiger partial charge in [0.25, 0.3) is 11.7 Å². The van der Waals surface area contributed by atoms with Gasteiger partial charge in [-0.1, -0.05) is 47.5 Å². The number of nitrogens with one attached hydrogen (secondary N) is 1. The largest absolute Gasteiger partial charge is 0.495 e. The van der Waals surface area contributed by atoms with E-state index in [0.717, 1.165) is 16.6 Å². The first kappa shape index (κ1) is 19.7. The predicted molar refractivity (Wildman–Crippen MR) is 119 cm³/mol. The number of ether oxygens (including phenoxy) is 1.